The zero-order valence-corrected chi connectivity index (χ0v) is 28.5. The molecule has 0 unspecified atom stereocenters. The minimum Gasteiger partial charge on any atom is -0.508 e. The second-order valence-corrected chi connectivity index (χ2v) is 13.1. The number of fused-ring (bicyclic) bond motifs is 1. The number of aliphatic hydroxyl groups excluding tert-OH is 8. The molecule has 3 aromatic rings. The minimum absolute atomic E-state index is 0.126. The number of aromatic hydroxyl groups is 2. The summed E-state index contributed by atoms with van der Waals surface area (Å²) in [5.74, 6) is -1.41. The Morgan fingerprint density at radius 2 is 1.30 bits per heavy atom. The summed E-state index contributed by atoms with van der Waals surface area (Å²) >= 11 is 0. The van der Waals surface area contributed by atoms with Gasteiger partial charge in [-0.05, 0) is 38.1 Å². The van der Waals surface area contributed by atoms with E-state index in [9.17, 15) is 55.9 Å². The van der Waals surface area contributed by atoms with Gasteiger partial charge >= 0.3 is 0 Å². The molecule has 19 heteroatoms. The Bertz CT molecular complexity index is 1780. The molecule has 10 N–H and O–H groups in total. The van der Waals surface area contributed by atoms with Gasteiger partial charge in [-0.2, -0.15) is 0 Å². The number of aliphatic hydroxyl groups is 8. The summed E-state index contributed by atoms with van der Waals surface area (Å²) < 4.78 is 45.8. The lowest BCUT2D eigenvalue weighted by Crippen LogP contribution is -2.65. The van der Waals surface area contributed by atoms with Crippen LogP contribution in [-0.2, 0) is 23.7 Å². The summed E-state index contributed by atoms with van der Waals surface area (Å²) in [5, 5.41) is 105. The fourth-order valence-electron chi connectivity index (χ4n) is 6.31. The van der Waals surface area contributed by atoms with Crippen molar-refractivity contribution in [2.24, 2.45) is 0 Å². The van der Waals surface area contributed by atoms with Gasteiger partial charge in [-0.3, -0.25) is 4.79 Å². The Morgan fingerprint density at radius 3 is 1.92 bits per heavy atom. The van der Waals surface area contributed by atoms with Crippen LogP contribution in [0.4, 0.5) is 0 Å². The van der Waals surface area contributed by atoms with E-state index in [-0.39, 0.29) is 33.8 Å². The van der Waals surface area contributed by atoms with Gasteiger partial charge in [0.05, 0.1) is 25.9 Å². The van der Waals surface area contributed by atoms with Crippen LogP contribution < -0.4 is 14.9 Å². The minimum atomic E-state index is -1.98. The Kier molecular flexibility index (Phi) is 11.5. The first-order chi connectivity index (χ1) is 25.1. The van der Waals surface area contributed by atoms with Gasteiger partial charge in [0.25, 0.3) is 0 Å². The molecule has 19 nitrogen and oxygen atoms in total. The van der Waals surface area contributed by atoms with Crippen LogP contribution in [0.3, 0.4) is 0 Å². The van der Waals surface area contributed by atoms with Crippen molar-refractivity contribution in [1.29, 1.82) is 0 Å². The van der Waals surface area contributed by atoms with Crippen LogP contribution in [0.25, 0.3) is 22.3 Å². The average molecular weight is 755 g/mol. The van der Waals surface area contributed by atoms with Gasteiger partial charge in [0.2, 0.25) is 17.5 Å². The van der Waals surface area contributed by atoms with Crippen molar-refractivity contribution in [2.75, 3.05) is 13.7 Å². The van der Waals surface area contributed by atoms with Gasteiger partial charge in [-0.1, -0.05) is 0 Å². The van der Waals surface area contributed by atoms with Gasteiger partial charge in [0.15, 0.2) is 24.4 Å². The van der Waals surface area contributed by atoms with Crippen molar-refractivity contribution in [2.45, 2.75) is 106 Å². The van der Waals surface area contributed by atoms with E-state index < -0.39 is 116 Å². The van der Waals surface area contributed by atoms with E-state index in [1.165, 1.54) is 51.3 Å². The fourth-order valence-corrected chi connectivity index (χ4v) is 6.31. The standard InChI is InChI=1S/C34H42O19/c1-11-20(37)24(41)27(44)32(48-11)47-10-18-22(39)26(43)31(53-33-28(45)25(42)21(38)12(2)49-33)34(51-18)52-30-23(40)19-16(36)8-15(46-3)9-17(19)50-29(30)13-4-6-14(35)7-5-13/h4-9,11-12,18,20-22,24-28,31-39,41-45H,10H2,1-3H3/t11-,12+,18-,20-,21-,22-,24+,25+,26+,27+,28+,31-,32+,33-,34-/m0/s1. The molecular weight excluding hydrogens is 712 g/mol. The van der Waals surface area contributed by atoms with Gasteiger partial charge in [-0.15, -0.1) is 0 Å². The third kappa shape index (κ3) is 7.54. The molecule has 3 saturated heterocycles. The third-order valence-corrected chi connectivity index (χ3v) is 9.48. The van der Waals surface area contributed by atoms with Crippen molar-refractivity contribution in [3.05, 3.63) is 46.6 Å². The number of methoxy groups -OCH3 is 1. The van der Waals surface area contributed by atoms with Gasteiger partial charge < -0.3 is 88.6 Å². The summed E-state index contributed by atoms with van der Waals surface area (Å²) in [4.78, 5) is 14.2. The van der Waals surface area contributed by atoms with E-state index in [0.717, 1.165) is 6.07 Å². The first kappa shape index (κ1) is 39.0. The summed E-state index contributed by atoms with van der Waals surface area (Å²) in [6, 6.07) is 7.86. The molecule has 3 fully saturated rings. The largest absolute Gasteiger partial charge is 0.508 e. The van der Waals surface area contributed by atoms with E-state index in [1.807, 2.05) is 0 Å². The number of phenolic OH excluding ortho intramolecular Hbond substituents is 2. The molecule has 0 amide bonds. The summed E-state index contributed by atoms with van der Waals surface area (Å²) in [7, 11) is 1.33. The highest BCUT2D eigenvalue weighted by Crippen LogP contribution is 2.39. The van der Waals surface area contributed by atoms with Crippen molar-refractivity contribution in [3.63, 3.8) is 0 Å². The average Bonchev–Trinajstić information content (AvgIpc) is 3.13. The number of rotatable bonds is 9. The lowest BCUT2D eigenvalue weighted by Gasteiger charge is -2.46. The second kappa shape index (κ2) is 15.6. The number of ether oxygens (including phenoxy) is 7. The Hall–Kier alpha value is -3.67. The van der Waals surface area contributed by atoms with Crippen LogP contribution >= 0.6 is 0 Å². The van der Waals surface area contributed by atoms with Crippen molar-refractivity contribution in [3.8, 4) is 34.3 Å². The highest BCUT2D eigenvalue weighted by atomic mass is 16.8. The molecule has 0 saturated carbocycles. The van der Waals surface area contributed by atoms with Crippen LogP contribution in [0.2, 0.25) is 0 Å². The predicted molar refractivity (Wildman–Crippen MR) is 175 cm³/mol. The van der Waals surface area contributed by atoms with E-state index in [0.29, 0.717) is 0 Å². The van der Waals surface area contributed by atoms with E-state index in [1.54, 1.807) is 0 Å². The molecule has 53 heavy (non-hydrogen) atoms. The molecule has 0 spiro atoms. The maximum atomic E-state index is 14.2. The van der Waals surface area contributed by atoms with Crippen molar-refractivity contribution in [1.82, 2.24) is 0 Å². The van der Waals surface area contributed by atoms with Crippen molar-refractivity contribution >= 4 is 11.0 Å². The Balaban J connectivity index is 1.39. The molecular formula is C34H42O19. The quantitative estimate of drug-likeness (QED) is 0.110. The lowest BCUT2D eigenvalue weighted by molar-refractivity contribution is -0.360. The second-order valence-electron chi connectivity index (χ2n) is 13.1. The first-order valence-corrected chi connectivity index (χ1v) is 16.6. The highest BCUT2D eigenvalue weighted by molar-refractivity contribution is 5.88. The molecule has 3 aliphatic heterocycles. The number of hydrogen-bond acceptors (Lipinski definition) is 19. The molecule has 3 aliphatic rings. The van der Waals surface area contributed by atoms with E-state index in [2.05, 4.69) is 0 Å². The molecule has 15 atom stereocenters. The molecule has 1 aromatic heterocycles. The predicted octanol–water partition coefficient (Wildman–Crippen LogP) is -2.24. The summed E-state index contributed by atoms with van der Waals surface area (Å²) in [5.41, 5.74) is -0.899. The van der Waals surface area contributed by atoms with Crippen LogP contribution in [0.1, 0.15) is 13.8 Å². The lowest BCUT2D eigenvalue weighted by atomic mass is 9.97. The molecule has 6 rings (SSSR count). The molecule has 0 radical (unpaired) electrons. The number of phenols is 2. The van der Waals surface area contributed by atoms with Crippen LogP contribution in [-0.4, -0.2) is 157 Å². The maximum Gasteiger partial charge on any atom is 0.239 e. The monoisotopic (exact) mass is 754 g/mol. The maximum absolute atomic E-state index is 14.2. The number of benzene rings is 2. The smallest absolute Gasteiger partial charge is 0.239 e. The number of hydrogen-bond donors (Lipinski definition) is 10. The third-order valence-electron chi connectivity index (χ3n) is 9.48. The highest BCUT2D eigenvalue weighted by Gasteiger charge is 2.52. The van der Waals surface area contributed by atoms with Crippen LogP contribution in [0.15, 0.2) is 45.6 Å². The van der Waals surface area contributed by atoms with E-state index >= 15 is 0 Å². The van der Waals surface area contributed by atoms with Gasteiger partial charge in [-0.25, -0.2) is 0 Å². The SMILES string of the molecule is COc1cc(O)c2c(=O)c(O[C@@H]3O[C@@H](CO[C@@H]4O[C@@H](C)[C@H](O)[C@@H](O)[C@H]4O)[C@H](O)[C@@H](O)[C@@H]3O[C@@H]3O[C@H](C)[C@H](O)[C@@H](O)[C@H]3O)c(-c3ccc(O)cc3)oc2c1. The summed E-state index contributed by atoms with van der Waals surface area (Å²) in [6.07, 6.45) is -24.5. The van der Waals surface area contributed by atoms with E-state index in [4.69, 9.17) is 37.6 Å². The topological polar surface area (TPSA) is 297 Å². The van der Waals surface area contributed by atoms with Gasteiger partial charge in [0.1, 0.15) is 83.2 Å². The normalized spacial score (nSPS) is 37.8. The molecule has 0 bridgehead atoms. The zero-order valence-electron chi connectivity index (χ0n) is 28.5. The van der Waals surface area contributed by atoms with Crippen LogP contribution in [0.5, 0.6) is 23.0 Å². The van der Waals surface area contributed by atoms with Crippen LogP contribution in [0, 0.1) is 0 Å². The summed E-state index contributed by atoms with van der Waals surface area (Å²) in [6.45, 7) is 2.15. The Morgan fingerprint density at radius 1 is 0.698 bits per heavy atom. The first-order valence-electron chi connectivity index (χ1n) is 16.6. The van der Waals surface area contributed by atoms with Crippen molar-refractivity contribution < 1.29 is 88.6 Å². The van der Waals surface area contributed by atoms with Gasteiger partial charge in [0, 0.05) is 17.7 Å². The molecule has 292 valence electrons. The molecule has 4 heterocycles. The Labute approximate surface area is 300 Å². The zero-order chi connectivity index (χ0) is 38.5. The molecule has 2 aromatic carbocycles. The molecule has 0 aliphatic carbocycles. The fraction of sp³-hybridized carbons (Fsp3) is 0.559.